The van der Waals surface area contributed by atoms with Crippen LogP contribution in [0.25, 0.3) is 16.9 Å². The molecule has 0 aliphatic rings. The van der Waals surface area contributed by atoms with E-state index >= 15 is 0 Å². The van der Waals surface area contributed by atoms with Gasteiger partial charge in [-0.25, -0.2) is 4.68 Å². The predicted octanol–water partition coefficient (Wildman–Crippen LogP) is 4.47. The van der Waals surface area contributed by atoms with Crippen molar-refractivity contribution in [3.63, 3.8) is 0 Å². The second-order valence-electron chi connectivity index (χ2n) is 6.59. The summed E-state index contributed by atoms with van der Waals surface area (Å²) in [6.45, 7) is -0.383. The van der Waals surface area contributed by atoms with Crippen LogP contribution < -0.4 is 10.1 Å². The maximum atomic E-state index is 12.5. The largest absolute Gasteiger partial charge is 0.477 e. The Kier molecular flexibility index (Phi) is 5.70. The highest BCUT2D eigenvalue weighted by atomic mass is 16.6. The van der Waals surface area contributed by atoms with Crippen molar-refractivity contribution in [1.29, 1.82) is 0 Å². The molecule has 0 fully saturated rings. The molecule has 0 saturated carbocycles. The van der Waals surface area contributed by atoms with Gasteiger partial charge in [0.2, 0.25) is 0 Å². The average molecular weight is 414 g/mol. The fraction of sp³-hybridized carbons (Fsp3) is 0.0435. The van der Waals surface area contributed by atoms with Crippen LogP contribution in [0.2, 0.25) is 0 Å². The van der Waals surface area contributed by atoms with Gasteiger partial charge in [0.25, 0.3) is 5.91 Å². The number of rotatable bonds is 7. The van der Waals surface area contributed by atoms with Gasteiger partial charge in [-0.1, -0.05) is 60.7 Å². The molecule has 31 heavy (non-hydrogen) atoms. The van der Waals surface area contributed by atoms with Crippen molar-refractivity contribution in [1.82, 2.24) is 9.78 Å². The standard InChI is InChI=1S/C23H18N4O4/c28-23(16-31-21-14-8-7-13-20(21)27(29)30)24-22-15-19(17-9-3-1-4-10-17)25-26(22)18-11-5-2-6-12-18/h1-15H,16H2,(H,24,28). The molecule has 0 radical (unpaired) electrons. The Labute approximate surface area is 177 Å². The second-order valence-corrected chi connectivity index (χ2v) is 6.59. The van der Waals surface area contributed by atoms with E-state index in [1.54, 1.807) is 16.8 Å². The number of aromatic nitrogens is 2. The number of anilines is 1. The van der Waals surface area contributed by atoms with E-state index in [0.717, 1.165) is 11.3 Å². The van der Waals surface area contributed by atoms with E-state index in [1.165, 1.54) is 18.2 Å². The molecule has 8 nitrogen and oxygen atoms in total. The summed E-state index contributed by atoms with van der Waals surface area (Å²) in [5, 5.41) is 18.5. The minimum absolute atomic E-state index is 0.0317. The van der Waals surface area contributed by atoms with Crippen molar-refractivity contribution in [2.45, 2.75) is 0 Å². The first-order chi connectivity index (χ1) is 15.1. The second kappa shape index (κ2) is 8.91. The van der Waals surface area contributed by atoms with Crippen LogP contribution in [0.1, 0.15) is 0 Å². The van der Waals surface area contributed by atoms with E-state index in [9.17, 15) is 14.9 Å². The number of carbonyl (C=O) groups excluding carboxylic acids is 1. The Balaban J connectivity index is 1.57. The minimum atomic E-state index is -0.552. The minimum Gasteiger partial charge on any atom is -0.477 e. The monoisotopic (exact) mass is 414 g/mol. The van der Waals surface area contributed by atoms with Crippen LogP contribution in [0, 0.1) is 10.1 Å². The van der Waals surface area contributed by atoms with Crippen LogP contribution in [0.3, 0.4) is 0 Å². The molecule has 4 rings (SSSR count). The Hall–Kier alpha value is -4.46. The molecule has 4 aromatic rings. The highest BCUT2D eigenvalue weighted by molar-refractivity contribution is 5.92. The molecule has 0 saturated heterocycles. The summed E-state index contributed by atoms with van der Waals surface area (Å²) in [7, 11) is 0. The maximum Gasteiger partial charge on any atom is 0.310 e. The summed E-state index contributed by atoms with van der Waals surface area (Å²) < 4.78 is 7.02. The summed E-state index contributed by atoms with van der Waals surface area (Å²) in [5.41, 5.74) is 2.18. The molecule has 0 bridgehead atoms. The topological polar surface area (TPSA) is 99.3 Å². The fourth-order valence-electron chi connectivity index (χ4n) is 3.04. The third-order valence-electron chi connectivity index (χ3n) is 4.47. The number of nitro benzene ring substituents is 1. The lowest BCUT2D eigenvalue weighted by atomic mass is 10.2. The van der Waals surface area contributed by atoms with Crippen LogP contribution in [-0.2, 0) is 4.79 Å². The van der Waals surface area contributed by atoms with Gasteiger partial charge in [0, 0.05) is 17.7 Å². The van der Waals surface area contributed by atoms with Crippen LogP contribution in [0.5, 0.6) is 5.75 Å². The lowest BCUT2D eigenvalue weighted by molar-refractivity contribution is -0.385. The number of nitrogens with zero attached hydrogens (tertiary/aromatic N) is 3. The van der Waals surface area contributed by atoms with E-state index in [0.29, 0.717) is 11.5 Å². The Morgan fingerprint density at radius 3 is 2.32 bits per heavy atom. The Bertz CT molecular complexity index is 1210. The molecular formula is C23H18N4O4. The maximum absolute atomic E-state index is 12.5. The van der Waals surface area contributed by atoms with Crippen molar-refractivity contribution >= 4 is 17.4 Å². The molecule has 0 aliphatic carbocycles. The van der Waals surface area contributed by atoms with Crippen LogP contribution in [0.4, 0.5) is 11.5 Å². The molecule has 0 atom stereocenters. The van der Waals surface area contributed by atoms with E-state index in [-0.39, 0.29) is 18.0 Å². The number of nitrogens with one attached hydrogen (secondary N) is 1. The molecule has 0 spiro atoms. The molecule has 1 aromatic heterocycles. The van der Waals surface area contributed by atoms with Crippen molar-refractivity contribution in [2.24, 2.45) is 0 Å². The molecule has 8 heteroatoms. The van der Waals surface area contributed by atoms with Gasteiger partial charge in [-0.3, -0.25) is 14.9 Å². The number of carbonyl (C=O) groups is 1. The van der Waals surface area contributed by atoms with Crippen molar-refractivity contribution in [3.8, 4) is 22.7 Å². The van der Waals surface area contributed by atoms with Gasteiger partial charge >= 0.3 is 5.69 Å². The number of hydrogen-bond acceptors (Lipinski definition) is 5. The third kappa shape index (κ3) is 4.59. The first-order valence-electron chi connectivity index (χ1n) is 9.49. The van der Waals surface area contributed by atoms with Crippen LogP contribution in [0.15, 0.2) is 91.0 Å². The third-order valence-corrected chi connectivity index (χ3v) is 4.47. The van der Waals surface area contributed by atoms with E-state index in [1.807, 2.05) is 60.7 Å². The fourth-order valence-corrected chi connectivity index (χ4v) is 3.04. The van der Waals surface area contributed by atoms with Gasteiger partial charge in [-0.15, -0.1) is 0 Å². The van der Waals surface area contributed by atoms with E-state index in [4.69, 9.17) is 4.74 Å². The van der Waals surface area contributed by atoms with Gasteiger partial charge < -0.3 is 10.1 Å². The predicted molar refractivity (Wildman–Crippen MR) is 116 cm³/mol. The molecule has 0 unspecified atom stereocenters. The molecule has 154 valence electrons. The smallest absolute Gasteiger partial charge is 0.310 e. The number of amides is 1. The van der Waals surface area contributed by atoms with Crippen LogP contribution >= 0.6 is 0 Å². The molecule has 1 amide bonds. The summed E-state index contributed by atoms with van der Waals surface area (Å²) >= 11 is 0. The summed E-state index contributed by atoms with van der Waals surface area (Å²) in [6, 6.07) is 26.7. The van der Waals surface area contributed by atoms with Crippen molar-refractivity contribution in [3.05, 3.63) is 101 Å². The number of para-hydroxylation sites is 3. The van der Waals surface area contributed by atoms with Crippen molar-refractivity contribution in [2.75, 3.05) is 11.9 Å². The van der Waals surface area contributed by atoms with E-state index in [2.05, 4.69) is 10.4 Å². The molecule has 3 aromatic carbocycles. The molecular weight excluding hydrogens is 396 g/mol. The summed E-state index contributed by atoms with van der Waals surface area (Å²) in [4.78, 5) is 23.1. The zero-order chi connectivity index (χ0) is 21.6. The highest BCUT2D eigenvalue weighted by Gasteiger charge is 2.17. The number of hydrogen-bond donors (Lipinski definition) is 1. The Morgan fingerprint density at radius 1 is 0.968 bits per heavy atom. The first kappa shape index (κ1) is 19.8. The zero-order valence-corrected chi connectivity index (χ0v) is 16.3. The van der Waals surface area contributed by atoms with Gasteiger partial charge in [-0.2, -0.15) is 5.10 Å². The van der Waals surface area contributed by atoms with Crippen molar-refractivity contribution < 1.29 is 14.5 Å². The SMILES string of the molecule is O=C(COc1ccccc1[N+](=O)[O-])Nc1cc(-c2ccccc2)nn1-c1ccccc1. The quantitative estimate of drug-likeness (QED) is 0.355. The van der Waals surface area contributed by atoms with Gasteiger partial charge in [0.05, 0.1) is 16.3 Å². The first-order valence-corrected chi connectivity index (χ1v) is 9.49. The van der Waals surface area contributed by atoms with E-state index < -0.39 is 10.8 Å². The normalized spacial score (nSPS) is 10.5. The average Bonchev–Trinajstić information content (AvgIpc) is 3.22. The zero-order valence-electron chi connectivity index (χ0n) is 16.3. The number of nitro groups is 1. The van der Waals surface area contributed by atoms with Gasteiger partial charge in [-0.05, 0) is 18.2 Å². The summed E-state index contributed by atoms with van der Waals surface area (Å²) in [5.74, 6) is 0.0280. The summed E-state index contributed by atoms with van der Waals surface area (Å²) in [6.07, 6.45) is 0. The highest BCUT2D eigenvalue weighted by Crippen LogP contribution is 2.27. The number of ether oxygens (including phenoxy) is 1. The molecule has 0 aliphatic heterocycles. The molecule has 1 heterocycles. The lowest BCUT2D eigenvalue weighted by Gasteiger charge is -2.10. The number of benzene rings is 3. The Morgan fingerprint density at radius 2 is 1.61 bits per heavy atom. The van der Waals surface area contributed by atoms with Gasteiger partial charge in [0.15, 0.2) is 12.4 Å². The van der Waals surface area contributed by atoms with Crippen LogP contribution in [-0.4, -0.2) is 27.2 Å². The van der Waals surface area contributed by atoms with Gasteiger partial charge in [0.1, 0.15) is 5.82 Å². The molecule has 1 N–H and O–H groups in total. The lowest BCUT2D eigenvalue weighted by Crippen LogP contribution is -2.22.